The molecule has 8 nitrogen and oxygen atoms in total. The van der Waals surface area contributed by atoms with Gasteiger partial charge in [0.1, 0.15) is 24.3 Å². The Morgan fingerprint density at radius 3 is 2.59 bits per heavy atom. The quantitative estimate of drug-likeness (QED) is 0.448. The fraction of sp³-hybridized carbons (Fsp3) is 0.250. The maximum atomic E-state index is 9.87. The van der Waals surface area contributed by atoms with E-state index in [4.69, 9.17) is 4.74 Å². The Balaban J connectivity index is 1.60. The lowest BCUT2D eigenvalue weighted by molar-refractivity contribution is 0.0831. The van der Waals surface area contributed by atoms with Crippen LogP contribution in [0, 0.1) is 0 Å². The fourth-order valence-electron chi connectivity index (χ4n) is 2.50. The Labute approximate surface area is 178 Å². The molecule has 1 atom stereocenters. The SMILES string of the molecule is CN(C)CC(O)COc1ccc(Nc2ncc(Br)c(Nc3ccccn3)n2)cc1. The number of hydrogen-bond acceptors (Lipinski definition) is 8. The van der Waals surface area contributed by atoms with Crippen molar-refractivity contribution in [2.75, 3.05) is 37.9 Å². The van der Waals surface area contributed by atoms with Crippen LogP contribution in [-0.4, -0.2) is 58.3 Å². The second-order valence-electron chi connectivity index (χ2n) is 6.61. The minimum atomic E-state index is -0.538. The molecule has 0 radical (unpaired) electrons. The summed E-state index contributed by atoms with van der Waals surface area (Å²) in [4.78, 5) is 14.9. The molecule has 152 valence electrons. The monoisotopic (exact) mass is 458 g/mol. The first kappa shape index (κ1) is 21.0. The van der Waals surface area contributed by atoms with Gasteiger partial charge in [-0.05, 0) is 66.4 Å². The second-order valence-corrected chi connectivity index (χ2v) is 7.46. The molecule has 0 bridgehead atoms. The number of hydrogen-bond donors (Lipinski definition) is 3. The van der Waals surface area contributed by atoms with Crippen molar-refractivity contribution in [3.63, 3.8) is 0 Å². The number of aliphatic hydroxyl groups excluding tert-OH is 1. The summed E-state index contributed by atoms with van der Waals surface area (Å²) in [6, 6.07) is 13.0. The van der Waals surface area contributed by atoms with Gasteiger partial charge >= 0.3 is 0 Å². The van der Waals surface area contributed by atoms with Crippen LogP contribution in [0.2, 0.25) is 0 Å². The molecule has 1 aromatic carbocycles. The van der Waals surface area contributed by atoms with Crippen LogP contribution in [0.5, 0.6) is 5.75 Å². The maximum Gasteiger partial charge on any atom is 0.229 e. The van der Waals surface area contributed by atoms with Crippen molar-refractivity contribution in [1.82, 2.24) is 19.9 Å². The summed E-state index contributed by atoms with van der Waals surface area (Å²) in [7, 11) is 3.82. The van der Waals surface area contributed by atoms with E-state index in [-0.39, 0.29) is 6.61 Å². The van der Waals surface area contributed by atoms with Gasteiger partial charge in [-0.25, -0.2) is 9.97 Å². The number of aliphatic hydroxyl groups is 1. The highest BCUT2D eigenvalue weighted by atomic mass is 79.9. The average molecular weight is 459 g/mol. The molecular formula is C20H23BrN6O2. The molecule has 0 aliphatic heterocycles. The number of rotatable bonds is 9. The maximum absolute atomic E-state index is 9.87. The summed E-state index contributed by atoms with van der Waals surface area (Å²) < 4.78 is 6.35. The molecule has 3 rings (SSSR count). The van der Waals surface area contributed by atoms with Crippen molar-refractivity contribution in [1.29, 1.82) is 0 Å². The Hall–Kier alpha value is -2.75. The Bertz CT molecular complexity index is 909. The van der Waals surface area contributed by atoms with Crippen LogP contribution in [0.3, 0.4) is 0 Å². The van der Waals surface area contributed by atoms with Crippen LogP contribution in [0.4, 0.5) is 23.3 Å². The lowest BCUT2D eigenvalue weighted by Gasteiger charge is -2.16. The number of nitrogens with one attached hydrogen (secondary N) is 2. The zero-order chi connectivity index (χ0) is 20.6. The average Bonchev–Trinajstić information content (AvgIpc) is 2.70. The van der Waals surface area contributed by atoms with Crippen molar-refractivity contribution in [3.8, 4) is 5.75 Å². The molecule has 2 heterocycles. The number of nitrogens with zero attached hydrogens (tertiary/aromatic N) is 4. The molecule has 1 unspecified atom stereocenters. The lowest BCUT2D eigenvalue weighted by atomic mass is 10.3. The number of halogens is 1. The van der Waals surface area contributed by atoms with Crippen LogP contribution >= 0.6 is 15.9 Å². The van der Waals surface area contributed by atoms with Crippen LogP contribution < -0.4 is 15.4 Å². The third kappa shape index (κ3) is 6.67. The van der Waals surface area contributed by atoms with Crippen LogP contribution in [-0.2, 0) is 0 Å². The first-order chi connectivity index (χ1) is 14.0. The van der Waals surface area contributed by atoms with Gasteiger partial charge in [0.15, 0.2) is 5.82 Å². The second kappa shape index (κ2) is 10.1. The Morgan fingerprint density at radius 2 is 1.90 bits per heavy atom. The number of ether oxygens (including phenoxy) is 1. The van der Waals surface area contributed by atoms with Gasteiger partial charge in [0.2, 0.25) is 5.95 Å². The summed E-state index contributed by atoms with van der Waals surface area (Å²) in [6.45, 7) is 0.790. The number of likely N-dealkylation sites (N-methyl/N-ethyl adjacent to an activating group) is 1. The predicted molar refractivity (Wildman–Crippen MR) is 117 cm³/mol. The van der Waals surface area contributed by atoms with Crippen molar-refractivity contribution in [2.45, 2.75) is 6.10 Å². The van der Waals surface area contributed by atoms with Gasteiger partial charge in [-0.15, -0.1) is 0 Å². The molecule has 0 aliphatic carbocycles. The topological polar surface area (TPSA) is 95.4 Å². The molecule has 0 saturated heterocycles. The summed E-state index contributed by atoms with van der Waals surface area (Å²) >= 11 is 3.44. The lowest BCUT2D eigenvalue weighted by Crippen LogP contribution is -2.30. The molecule has 3 N–H and O–H groups in total. The van der Waals surface area contributed by atoms with Gasteiger partial charge in [-0.2, -0.15) is 4.98 Å². The highest BCUT2D eigenvalue weighted by Crippen LogP contribution is 2.25. The highest BCUT2D eigenvalue weighted by molar-refractivity contribution is 9.10. The van der Waals surface area contributed by atoms with Crippen molar-refractivity contribution in [2.24, 2.45) is 0 Å². The molecular weight excluding hydrogens is 436 g/mol. The fourth-order valence-corrected chi connectivity index (χ4v) is 2.79. The van der Waals surface area contributed by atoms with Gasteiger partial charge in [0.05, 0.1) is 4.47 Å². The minimum absolute atomic E-state index is 0.239. The molecule has 0 aliphatic rings. The van der Waals surface area contributed by atoms with Gasteiger partial charge in [0.25, 0.3) is 0 Å². The smallest absolute Gasteiger partial charge is 0.229 e. The predicted octanol–water partition coefficient (Wildman–Crippen LogP) is 3.42. The Morgan fingerprint density at radius 1 is 1.10 bits per heavy atom. The molecule has 3 aromatic rings. The summed E-state index contributed by atoms with van der Waals surface area (Å²) in [5, 5.41) is 16.2. The number of aromatic nitrogens is 3. The van der Waals surface area contributed by atoms with Crippen molar-refractivity contribution >= 4 is 39.2 Å². The van der Waals surface area contributed by atoms with Crippen LogP contribution in [0.25, 0.3) is 0 Å². The Kier molecular flexibility index (Phi) is 7.34. The number of pyridine rings is 1. The van der Waals surface area contributed by atoms with Crippen molar-refractivity contribution in [3.05, 3.63) is 59.3 Å². The first-order valence-corrected chi connectivity index (χ1v) is 9.82. The van der Waals surface area contributed by atoms with E-state index in [1.54, 1.807) is 12.4 Å². The van der Waals surface area contributed by atoms with Crippen LogP contribution in [0.15, 0.2) is 59.3 Å². The van der Waals surface area contributed by atoms with Gasteiger partial charge in [0, 0.05) is 24.6 Å². The molecule has 0 saturated carbocycles. The van der Waals surface area contributed by atoms with E-state index in [0.29, 0.717) is 29.9 Å². The largest absolute Gasteiger partial charge is 0.491 e. The van der Waals surface area contributed by atoms with Crippen LogP contribution in [0.1, 0.15) is 0 Å². The highest BCUT2D eigenvalue weighted by Gasteiger charge is 2.08. The van der Waals surface area contributed by atoms with E-state index in [0.717, 1.165) is 10.2 Å². The van der Waals surface area contributed by atoms with E-state index in [9.17, 15) is 5.11 Å². The molecule has 0 amide bonds. The van der Waals surface area contributed by atoms with E-state index in [2.05, 4.69) is 41.5 Å². The third-order valence-corrected chi connectivity index (χ3v) is 4.36. The molecule has 9 heteroatoms. The zero-order valence-electron chi connectivity index (χ0n) is 16.2. The molecule has 0 fully saturated rings. The van der Waals surface area contributed by atoms with E-state index in [1.807, 2.05) is 61.5 Å². The van der Waals surface area contributed by atoms with E-state index in [1.165, 1.54) is 0 Å². The third-order valence-electron chi connectivity index (χ3n) is 3.78. The standard InChI is InChI=1S/C20H23BrN6O2/c1-27(2)12-15(28)13-29-16-8-6-14(7-9-16)24-20-23-11-17(21)19(26-20)25-18-5-3-4-10-22-18/h3-11,15,28H,12-13H2,1-2H3,(H2,22,23,24,25,26). The summed E-state index contributed by atoms with van der Waals surface area (Å²) in [5.74, 6) is 2.43. The summed E-state index contributed by atoms with van der Waals surface area (Å²) in [5.41, 5.74) is 0.817. The number of benzene rings is 1. The number of anilines is 4. The zero-order valence-corrected chi connectivity index (χ0v) is 17.8. The normalized spacial score (nSPS) is 11.9. The van der Waals surface area contributed by atoms with Crippen molar-refractivity contribution < 1.29 is 9.84 Å². The van der Waals surface area contributed by atoms with E-state index < -0.39 is 6.10 Å². The molecule has 2 aromatic heterocycles. The summed E-state index contributed by atoms with van der Waals surface area (Å²) in [6.07, 6.45) is 2.84. The first-order valence-electron chi connectivity index (χ1n) is 9.03. The van der Waals surface area contributed by atoms with Gasteiger partial charge < -0.3 is 25.4 Å². The van der Waals surface area contributed by atoms with Gasteiger partial charge in [-0.1, -0.05) is 6.07 Å². The van der Waals surface area contributed by atoms with Gasteiger partial charge in [-0.3, -0.25) is 0 Å². The minimum Gasteiger partial charge on any atom is -0.491 e. The van der Waals surface area contributed by atoms with E-state index >= 15 is 0 Å². The molecule has 29 heavy (non-hydrogen) atoms. The molecule has 0 spiro atoms.